The van der Waals surface area contributed by atoms with Crippen molar-refractivity contribution < 1.29 is 13.9 Å². The number of alkyl halides is 2. The second kappa shape index (κ2) is 5.82. The first-order valence-corrected chi connectivity index (χ1v) is 4.77. The lowest BCUT2D eigenvalue weighted by Gasteiger charge is -2.22. The fourth-order valence-electron chi connectivity index (χ4n) is 1.18. The molecule has 1 heterocycles. The minimum Gasteiger partial charge on any atom is -0.395 e. The molecule has 0 aliphatic heterocycles. The Morgan fingerprint density at radius 3 is 2.80 bits per heavy atom. The zero-order valence-corrected chi connectivity index (χ0v) is 8.66. The van der Waals surface area contributed by atoms with Gasteiger partial charge in [0.2, 0.25) is 0 Å². The van der Waals surface area contributed by atoms with Crippen LogP contribution in [-0.2, 0) is 0 Å². The monoisotopic (exact) mass is 236 g/mol. The molecule has 0 saturated heterocycles. The molecule has 0 fully saturated rings. The molecule has 1 aromatic heterocycles. The van der Waals surface area contributed by atoms with E-state index in [4.69, 9.17) is 16.7 Å². The van der Waals surface area contributed by atoms with Gasteiger partial charge in [-0.05, 0) is 12.1 Å². The highest BCUT2D eigenvalue weighted by Gasteiger charge is 2.15. The van der Waals surface area contributed by atoms with Crippen molar-refractivity contribution in [2.24, 2.45) is 0 Å². The summed E-state index contributed by atoms with van der Waals surface area (Å²) in [6.07, 6.45) is -1.02. The zero-order valence-electron chi connectivity index (χ0n) is 7.91. The summed E-state index contributed by atoms with van der Waals surface area (Å²) in [4.78, 5) is 5.16. The molecule has 0 spiro atoms. The van der Waals surface area contributed by atoms with Gasteiger partial charge in [-0.2, -0.15) is 0 Å². The van der Waals surface area contributed by atoms with Gasteiger partial charge in [-0.1, -0.05) is 11.6 Å². The van der Waals surface area contributed by atoms with Crippen LogP contribution in [0.1, 0.15) is 0 Å². The molecule has 0 saturated carbocycles. The van der Waals surface area contributed by atoms with Crippen LogP contribution < -0.4 is 4.90 Å². The molecule has 0 aliphatic rings. The third-order valence-electron chi connectivity index (χ3n) is 1.77. The standard InChI is InChI=1S/C9H11ClF2N2O/c10-7-2-1-3-13-9(7)14(4-5-15)6-8(11)12/h1-3,8,15H,4-6H2. The average molecular weight is 237 g/mol. The van der Waals surface area contributed by atoms with Crippen LogP contribution in [0.15, 0.2) is 18.3 Å². The van der Waals surface area contributed by atoms with Crippen LogP contribution >= 0.6 is 11.6 Å². The lowest BCUT2D eigenvalue weighted by Crippen LogP contribution is -2.32. The lowest BCUT2D eigenvalue weighted by molar-refractivity contribution is 0.152. The van der Waals surface area contributed by atoms with E-state index in [9.17, 15) is 8.78 Å². The van der Waals surface area contributed by atoms with Gasteiger partial charge in [0.25, 0.3) is 6.43 Å². The van der Waals surface area contributed by atoms with Gasteiger partial charge in [0.05, 0.1) is 18.2 Å². The van der Waals surface area contributed by atoms with Crippen LogP contribution in [0, 0.1) is 0 Å². The minimum atomic E-state index is -2.49. The van der Waals surface area contributed by atoms with Gasteiger partial charge in [0.1, 0.15) is 5.82 Å². The maximum absolute atomic E-state index is 12.2. The summed E-state index contributed by atoms with van der Waals surface area (Å²) in [5.74, 6) is 0.272. The molecule has 0 aromatic carbocycles. The molecule has 6 heteroatoms. The van der Waals surface area contributed by atoms with Crippen LogP contribution in [0.25, 0.3) is 0 Å². The number of aromatic nitrogens is 1. The molecule has 0 amide bonds. The van der Waals surface area contributed by atoms with Crippen LogP contribution in [0.2, 0.25) is 5.02 Å². The predicted octanol–water partition coefficient (Wildman–Crippen LogP) is 1.80. The summed E-state index contributed by atoms with van der Waals surface area (Å²) in [5.41, 5.74) is 0. The van der Waals surface area contributed by atoms with Crippen molar-refractivity contribution in [1.29, 1.82) is 0 Å². The Morgan fingerprint density at radius 2 is 2.27 bits per heavy atom. The normalized spacial score (nSPS) is 10.7. The largest absolute Gasteiger partial charge is 0.395 e. The van der Waals surface area contributed by atoms with E-state index in [0.717, 1.165) is 0 Å². The summed E-state index contributed by atoms with van der Waals surface area (Å²) < 4.78 is 24.5. The Bertz CT molecular complexity index is 312. The number of halogens is 3. The number of hydrogen-bond donors (Lipinski definition) is 1. The molecule has 0 radical (unpaired) electrons. The van der Waals surface area contributed by atoms with Crippen molar-refractivity contribution in [2.75, 3.05) is 24.6 Å². The summed E-state index contributed by atoms with van der Waals surface area (Å²) in [7, 11) is 0. The van der Waals surface area contributed by atoms with E-state index < -0.39 is 13.0 Å². The molecule has 0 bridgehead atoms. The molecular formula is C9H11ClF2N2O. The second-order valence-electron chi connectivity index (χ2n) is 2.87. The highest BCUT2D eigenvalue weighted by molar-refractivity contribution is 6.32. The van der Waals surface area contributed by atoms with E-state index in [2.05, 4.69) is 4.98 Å². The van der Waals surface area contributed by atoms with Crippen molar-refractivity contribution in [2.45, 2.75) is 6.43 Å². The SMILES string of the molecule is OCCN(CC(F)F)c1ncccc1Cl. The van der Waals surface area contributed by atoms with Gasteiger partial charge in [-0.15, -0.1) is 0 Å². The second-order valence-corrected chi connectivity index (χ2v) is 3.28. The molecule has 15 heavy (non-hydrogen) atoms. The maximum atomic E-state index is 12.2. The fourth-order valence-corrected chi connectivity index (χ4v) is 1.42. The van der Waals surface area contributed by atoms with Crippen LogP contribution in [-0.4, -0.2) is 36.2 Å². The lowest BCUT2D eigenvalue weighted by atomic mass is 10.4. The molecule has 1 N–H and O–H groups in total. The summed E-state index contributed by atoms with van der Waals surface area (Å²) in [6, 6.07) is 3.19. The Labute approximate surface area is 91.3 Å². The smallest absolute Gasteiger partial charge is 0.255 e. The molecular weight excluding hydrogens is 226 g/mol. The van der Waals surface area contributed by atoms with Crippen molar-refractivity contribution in [3.8, 4) is 0 Å². The number of hydrogen-bond acceptors (Lipinski definition) is 3. The number of aliphatic hydroxyl groups is 1. The van der Waals surface area contributed by atoms with Crippen molar-refractivity contribution in [1.82, 2.24) is 4.98 Å². The number of aliphatic hydroxyl groups excluding tert-OH is 1. The van der Waals surface area contributed by atoms with Crippen molar-refractivity contribution >= 4 is 17.4 Å². The van der Waals surface area contributed by atoms with E-state index in [-0.39, 0.29) is 19.0 Å². The number of nitrogens with zero attached hydrogens (tertiary/aromatic N) is 2. The molecule has 1 aromatic rings. The molecule has 3 nitrogen and oxygen atoms in total. The topological polar surface area (TPSA) is 36.4 Å². The number of rotatable bonds is 5. The van der Waals surface area contributed by atoms with Gasteiger partial charge in [0.15, 0.2) is 0 Å². The Kier molecular flexibility index (Phi) is 4.71. The molecule has 1 rings (SSSR count). The molecule has 84 valence electrons. The minimum absolute atomic E-state index is 0.0844. The average Bonchev–Trinajstić information content (AvgIpc) is 2.17. The van der Waals surface area contributed by atoms with E-state index in [0.29, 0.717) is 5.02 Å². The highest BCUT2D eigenvalue weighted by atomic mass is 35.5. The maximum Gasteiger partial charge on any atom is 0.255 e. The van der Waals surface area contributed by atoms with Crippen molar-refractivity contribution in [3.05, 3.63) is 23.4 Å². The molecule has 0 unspecified atom stereocenters. The Hall–Kier alpha value is -0.940. The number of pyridine rings is 1. The quantitative estimate of drug-likeness (QED) is 0.847. The number of anilines is 1. The van der Waals surface area contributed by atoms with Crippen molar-refractivity contribution in [3.63, 3.8) is 0 Å². The van der Waals surface area contributed by atoms with Gasteiger partial charge in [-0.25, -0.2) is 13.8 Å². The van der Waals surface area contributed by atoms with Gasteiger partial charge >= 0.3 is 0 Å². The Morgan fingerprint density at radius 1 is 1.53 bits per heavy atom. The summed E-state index contributed by atoms with van der Waals surface area (Å²) in [5, 5.41) is 9.04. The third-order valence-corrected chi connectivity index (χ3v) is 2.06. The first kappa shape index (κ1) is 12.1. The first-order chi connectivity index (χ1) is 7.15. The van der Waals surface area contributed by atoms with Crippen LogP contribution in [0.4, 0.5) is 14.6 Å². The van der Waals surface area contributed by atoms with Gasteiger partial charge in [0, 0.05) is 12.7 Å². The third kappa shape index (κ3) is 3.60. The van der Waals surface area contributed by atoms with E-state index >= 15 is 0 Å². The Balaban J connectivity index is 2.83. The predicted molar refractivity (Wildman–Crippen MR) is 54.5 cm³/mol. The molecule has 0 aliphatic carbocycles. The summed E-state index contributed by atoms with van der Waals surface area (Å²) >= 11 is 5.81. The highest BCUT2D eigenvalue weighted by Crippen LogP contribution is 2.22. The van der Waals surface area contributed by atoms with E-state index in [1.165, 1.54) is 11.1 Å². The molecule has 0 atom stereocenters. The van der Waals surface area contributed by atoms with E-state index in [1.54, 1.807) is 12.1 Å². The first-order valence-electron chi connectivity index (χ1n) is 4.39. The zero-order chi connectivity index (χ0) is 11.3. The van der Waals surface area contributed by atoms with Gasteiger partial charge < -0.3 is 10.0 Å². The van der Waals surface area contributed by atoms with Crippen LogP contribution in [0.3, 0.4) is 0 Å². The van der Waals surface area contributed by atoms with E-state index in [1.807, 2.05) is 0 Å². The van der Waals surface area contributed by atoms with Crippen LogP contribution in [0.5, 0.6) is 0 Å². The fraction of sp³-hybridized carbons (Fsp3) is 0.444. The van der Waals surface area contributed by atoms with Gasteiger partial charge in [-0.3, -0.25) is 0 Å². The summed E-state index contributed by atoms with van der Waals surface area (Å²) in [6.45, 7) is -0.627.